The summed E-state index contributed by atoms with van der Waals surface area (Å²) in [4.78, 5) is 15.2. The van der Waals surface area contributed by atoms with Crippen LogP contribution in [0.1, 0.15) is 62.4 Å². The number of aromatic nitrogens is 3. The van der Waals surface area contributed by atoms with Crippen molar-refractivity contribution in [2.24, 2.45) is 4.99 Å². The fourth-order valence-electron chi connectivity index (χ4n) is 5.09. The largest absolute Gasteiger partial charge is 0.346 e. The molecular weight excluding hydrogens is 389 g/mol. The van der Waals surface area contributed by atoms with Gasteiger partial charge in [-0.05, 0) is 62.7 Å². The van der Waals surface area contributed by atoms with E-state index >= 15 is 0 Å². The van der Waals surface area contributed by atoms with E-state index < -0.39 is 0 Å². The first-order valence-corrected chi connectivity index (χ1v) is 11.3. The van der Waals surface area contributed by atoms with Crippen molar-refractivity contribution in [3.63, 3.8) is 0 Å². The fraction of sp³-hybridized carbons (Fsp3) is 0.440. The molecule has 5 nitrogen and oxygen atoms in total. The van der Waals surface area contributed by atoms with Gasteiger partial charge in [0, 0.05) is 30.4 Å². The molecule has 2 aromatic rings. The minimum atomic E-state index is -0.170. The Labute approximate surface area is 182 Å². The van der Waals surface area contributed by atoms with Gasteiger partial charge in [0.25, 0.3) is 0 Å². The smallest absolute Gasteiger partial charge is 0.137 e. The lowest BCUT2D eigenvalue weighted by Gasteiger charge is -2.27. The van der Waals surface area contributed by atoms with E-state index in [4.69, 9.17) is 4.98 Å². The van der Waals surface area contributed by atoms with Crippen molar-refractivity contribution in [1.82, 2.24) is 19.4 Å². The SMILES string of the molecule is CN(C)Cc1nc(=C2C=CC(F)=CC2)c(=C2CC=Nc3[nH]ccc32)n1C1CCCCC1. The zero-order valence-electron chi connectivity index (χ0n) is 18.4. The Bertz CT molecular complexity index is 1190. The number of rotatable bonds is 3. The first-order valence-electron chi connectivity index (χ1n) is 11.3. The van der Waals surface area contributed by atoms with Crippen molar-refractivity contribution < 1.29 is 4.39 Å². The van der Waals surface area contributed by atoms with Crippen molar-refractivity contribution in [3.8, 4) is 0 Å². The summed E-state index contributed by atoms with van der Waals surface area (Å²) < 4.78 is 16.3. The first kappa shape index (κ1) is 20.2. The maximum absolute atomic E-state index is 13.7. The molecule has 3 heterocycles. The van der Waals surface area contributed by atoms with Crippen LogP contribution in [0.4, 0.5) is 10.2 Å². The number of aromatic amines is 1. The average Bonchev–Trinajstić information content (AvgIpc) is 3.39. The van der Waals surface area contributed by atoms with Crippen LogP contribution in [0, 0.1) is 0 Å². The fourth-order valence-corrected chi connectivity index (χ4v) is 5.09. The molecule has 0 amide bonds. The molecule has 5 rings (SSSR count). The van der Waals surface area contributed by atoms with Crippen LogP contribution in [0.15, 0.2) is 41.3 Å². The lowest BCUT2D eigenvalue weighted by atomic mass is 9.94. The highest BCUT2D eigenvalue weighted by Gasteiger charge is 2.25. The molecule has 1 saturated carbocycles. The second-order valence-corrected chi connectivity index (χ2v) is 9.01. The first-order chi connectivity index (χ1) is 15.1. The number of imidazole rings is 1. The molecule has 1 fully saturated rings. The monoisotopic (exact) mass is 419 g/mol. The molecule has 0 unspecified atom stereocenters. The lowest BCUT2D eigenvalue weighted by molar-refractivity contribution is 0.317. The second-order valence-electron chi connectivity index (χ2n) is 9.01. The van der Waals surface area contributed by atoms with Crippen LogP contribution < -0.4 is 10.7 Å². The molecular formula is C25H30FN5. The lowest BCUT2D eigenvalue weighted by Crippen LogP contribution is -2.38. The van der Waals surface area contributed by atoms with E-state index in [0.29, 0.717) is 12.5 Å². The predicted octanol–water partition coefficient (Wildman–Crippen LogP) is 4.05. The Morgan fingerprint density at radius 3 is 2.74 bits per heavy atom. The zero-order chi connectivity index (χ0) is 21.4. The summed E-state index contributed by atoms with van der Waals surface area (Å²) in [6.45, 7) is 0.784. The molecule has 0 aromatic carbocycles. The number of fused-ring (bicyclic) bond motifs is 1. The number of nitrogens with zero attached hydrogens (tertiary/aromatic N) is 4. The highest BCUT2D eigenvalue weighted by Crippen LogP contribution is 2.31. The Kier molecular flexibility index (Phi) is 5.48. The molecule has 3 aliphatic rings. The predicted molar refractivity (Wildman–Crippen MR) is 123 cm³/mol. The topological polar surface area (TPSA) is 49.2 Å². The standard InChI is InChI=1S/C25H30FN5/c1-30(2)16-22-29-23(17-8-10-18(26)11-9-17)24(31(22)19-6-4-3-5-7-19)20-12-14-27-25-21(20)13-15-28-25/h8,10-11,13-15,19,28H,3-7,9,12,16H2,1-2H3. The summed E-state index contributed by atoms with van der Waals surface area (Å²) in [5.41, 5.74) is 3.50. The summed E-state index contributed by atoms with van der Waals surface area (Å²) in [7, 11) is 4.19. The van der Waals surface area contributed by atoms with Crippen LogP contribution in [0.3, 0.4) is 0 Å². The molecule has 0 radical (unpaired) electrons. The number of hydrogen-bond donors (Lipinski definition) is 1. The van der Waals surface area contributed by atoms with Gasteiger partial charge in [0.15, 0.2) is 0 Å². The molecule has 6 heteroatoms. The second kappa shape index (κ2) is 8.42. The van der Waals surface area contributed by atoms with Gasteiger partial charge < -0.3 is 14.5 Å². The van der Waals surface area contributed by atoms with Crippen LogP contribution in [0.2, 0.25) is 0 Å². The third kappa shape index (κ3) is 3.85. The molecule has 0 saturated heterocycles. The van der Waals surface area contributed by atoms with Gasteiger partial charge in [-0.3, -0.25) is 0 Å². The van der Waals surface area contributed by atoms with E-state index in [0.717, 1.165) is 41.1 Å². The van der Waals surface area contributed by atoms with Crippen LogP contribution in [0.25, 0.3) is 11.1 Å². The number of nitrogens with one attached hydrogen (secondary N) is 1. The summed E-state index contributed by atoms with van der Waals surface area (Å²) >= 11 is 0. The number of halogens is 1. The zero-order valence-corrected chi connectivity index (χ0v) is 18.4. The molecule has 2 aliphatic carbocycles. The summed E-state index contributed by atoms with van der Waals surface area (Å²) in [6.07, 6.45) is 16.6. The maximum Gasteiger partial charge on any atom is 0.137 e. The minimum Gasteiger partial charge on any atom is -0.346 e. The van der Waals surface area contributed by atoms with Crippen molar-refractivity contribution in [2.45, 2.75) is 57.5 Å². The quantitative estimate of drug-likeness (QED) is 0.816. The molecule has 0 spiro atoms. The Balaban J connectivity index is 1.86. The van der Waals surface area contributed by atoms with Crippen LogP contribution in [-0.4, -0.2) is 39.7 Å². The molecule has 1 aliphatic heterocycles. The van der Waals surface area contributed by atoms with Gasteiger partial charge in [-0.15, -0.1) is 0 Å². The van der Waals surface area contributed by atoms with Gasteiger partial charge >= 0.3 is 0 Å². The van der Waals surface area contributed by atoms with Crippen molar-refractivity contribution >= 4 is 23.2 Å². The number of H-pyrrole nitrogens is 1. The number of hydrogen-bond acceptors (Lipinski definition) is 3. The van der Waals surface area contributed by atoms with Crippen molar-refractivity contribution in [3.05, 3.63) is 58.4 Å². The van der Waals surface area contributed by atoms with Gasteiger partial charge in [0.1, 0.15) is 17.5 Å². The Morgan fingerprint density at radius 2 is 2.00 bits per heavy atom. The average molecular weight is 420 g/mol. The summed E-state index contributed by atoms with van der Waals surface area (Å²) in [5, 5.41) is 2.20. The summed E-state index contributed by atoms with van der Waals surface area (Å²) in [5.74, 6) is 1.84. The molecule has 31 heavy (non-hydrogen) atoms. The van der Waals surface area contributed by atoms with Gasteiger partial charge in [0.2, 0.25) is 0 Å². The summed E-state index contributed by atoms with van der Waals surface area (Å²) in [6, 6.07) is 2.57. The Hall–Kier alpha value is -2.73. The molecule has 0 bridgehead atoms. The van der Waals surface area contributed by atoms with Crippen LogP contribution >= 0.6 is 0 Å². The van der Waals surface area contributed by atoms with Crippen LogP contribution in [0.5, 0.6) is 0 Å². The van der Waals surface area contributed by atoms with Crippen molar-refractivity contribution in [1.29, 1.82) is 0 Å². The van der Waals surface area contributed by atoms with E-state index in [1.165, 1.54) is 43.0 Å². The normalized spacial score (nSPS) is 22.8. The number of aliphatic imine (C=N–C) groups is 1. The molecule has 0 atom stereocenters. The van der Waals surface area contributed by atoms with Gasteiger partial charge in [-0.25, -0.2) is 14.4 Å². The molecule has 2 aromatic heterocycles. The van der Waals surface area contributed by atoms with Crippen LogP contribution in [-0.2, 0) is 6.54 Å². The maximum atomic E-state index is 13.7. The van der Waals surface area contributed by atoms with E-state index in [-0.39, 0.29) is 5.83 Å². The van der Waals surface area contributed by atoms with Gasteiger partial charge in [-0.2, -0.15) is 0 Å². The number of allylic oxidation sites excluding steroid dienone is 4. The van der Waals surface area contributed by atoms with E-state index in [9.17, 15) is 4.39 Å². The van der Waals surface area contributed by atoms with Gasteiger partial charge in [0.05, 0.1) is 17.2 Å². The highest BCUT2D eigenvalue weighted by atomic mass is 19.1. The molecule has 1 N–H and O–H groups in total. The third-order valence-corrected chi connectivity index (χ3v) is 6.50. The van der Waals surface area contributed by atoms with E-state index in [1.807, 2.05) is 18.5 Å². The Morgan fingerprint density at radius 1 is 1.16 bits per heavy atom. The van der Waals surface area contributed by atoms with E-state index in [2.05, 4.69) is 39.6 Å². The van der Waals surface area contributed by atoms with E-state index in [1.54, 1.807) is 12.2 Å². The van der Waals surface area contributed by atoms with Gasteiger partial charge in [-0.1, -0.05) is 25.3 Å². The molecule has 162 valence electrons. The minimum absolute atomic E-state index is 0.170. The highest BCUT2D eigenvalue weighted by molar-refractivity contribution is 5.88. The van der Waals surface area contributed by atoms with Crippen molar-refractivity contribution in [2.75, 3.05) is 14.1 Å². The third-order valence-electron chi connectivity index (χ3n) is 6.50.